The Balaban J connectivity index is 2.75. The van der Waals surface area contributed by atoms with E-state index in [2.05, 4.69) is 78.1 Å². The van der Waals surface area contributed by atoms with Crippen molar-refractivity contribution in [2.75, 3.05) is 7.11 Å². The van der Waals surface area contributed by atoms with Gasteiger partial charge in [0.25, 0.3) is 0 Å². The summed E-state index contributed by atoms with van der Waals surface area (Å²) in [5.41, 5.74) is 2.61. The second-order valence-corrected chi connectivity index (χ2v) is 13.6. The van der Waals surface area contributed by atoms with E-state index < -0.39 is 8.07 Å². The lowest BCUT2D eigenvalue weighted by Gasteiger charge is -2.42. The van der Waals surface area contributed by atoms with E-state index in [-0.39, 0.29) is 10.5 Å². The highest BCUT2D eigenvalue weighted by Crippen LogP contribution is 2.50. The van der Waals surface area contributed by atoms with Crippen LogP contribution in [0.25, 0.3) is 0 Å². The molecule has 1 aromatic rings. The summed E-state index contributed by atoms with van der Waals surface area (Å²) in [6.45, 7) is 16.1. The fourth-order valence-corrected chi connectivity index (χ4v) is 7.28. The summed E-state index contributed by atoms with van der Waals surface area (Å²) in [5, 5.41) is 2.19. The second-order valence-electron chi connectivity index (χ2n) is 8.32. The summed E-state index contributed by atoms with van der Waals surface area (Å²) in [6, 6.07) is 4.19. The third kappa shape index (κ3) is 2.92. The minimum atomic E-state index is -1.91. The summed E-state index contributed by atoms with van der Waals surface area (Å²) in [7, 11) is -0.126. The van der Waals surface area contributed by atoms with Gasteiger partial charge in [-0.15, -0.1) is 0 Å². The van der Waals surface area contributed by atoms with Crippen molar-refractivity contribution >= 4 is 24.9 Å². The average molecular weight is 349 g/mol. The van der Waals surface area contributed by atoms with Crippen molar-refractivity contribution in [1.82, 2.24) is 0 Å². The van der Waals surface area contributed by atoms with Gasteiger partial charge in [0.2, 0.25) is 0 Å². The third-order valence-electron chi connectivity index (χ3n) is 5.63. The van der Waals surface area contributed by atoms with Crippen LogP contribution < -0.4 is 9.92 Å². The number of hydrogen-bond acceptors (Lipinski definition) is 1. The quantitative estimate of drug-likeness (QED) is 0.623. The Morgan fingerprint density at radius 2 is 1.78 bits per heavy atom. The first kappa shape index (κ1) is 18.3. The highest BCUT2D eigenvalue weighted by Gasteiger charge is 2.47. The topological polar surface area (TPSA) is 9.23 Å². The lowest BCUT2D eigenvalue weighted by atomic mass is 9.86. The van der Waals surface area contributed by atoms with E-state index in [9.17, 15) is 0 Å². The van der Waals surface area contributed by atoms with Crippen LogP contribution in [0.15, 0.2) is 35.9 Å². The molecule has 0 saturated heterocycles. The number of halogens is 1. The zero-order valence-corrected chi connectivity index (χ0v) is 17.4. The molecule has 0 bridgehead atoms. The van der Waals surface area contributed by atoms with Crippen molar-refractivity contribution in [3.05, 3.63) is 46.5 Å². The number of benzene rings is 1. The fraction of sp³-hybridized carbons (Fsp3) is 0.500. The molecule has 126 valence electrons. The highest BCUT2D eigenvalue weighted by molar-refractivity contribution is 6.94. The number of ether oxygens (including phenoxy) is 1. The normalized spacial score (nSPS) is 21.5. The van der Waals surface area contributed by atoms with Gasteiger partial charge in [-0.2, -0.15) is 0 Å². The van der Waals surface area contributed by atoms with Crippen molar-refractivity contribution in [3.8, 4) is 5.75 Å². The summed E-state index contributed by atoms with van der Waals surface area (Å²) in [5.74, 6) is 1.02. The third-order valence-corrected chi connectivity index (χ3v) is 10.7. The summed E-state index contributed by atoms with van der Waals surface area (Å²) in [4.78, 5) is 0. The van der Waals surface area contributed by atoms with E-state index in [1.54, 1.807) is 7.11 Å². The van der Waals surface area contributed by atoms with Crippen LogP contribution in [-0.4, -0.2) is 15.2 Å². The molecule has 1 aromatic carbocycles. The van der Waals surface area contributed by atoms with Crippen molar-refractivity contribution in [3.63, 3.8) is 0 Å². The molecule has 3 heteroatoms. The van der Waals surface area contributed by atoms with E-state index in [0.29, 0.717) is 0 Å². The maximum absolute atomic E-state index is 6.51. The molecule has 0 spiro atoms. The number of rotatable bonds is 3. The Labute approximate surface area is 147 Å². The van der Waals surface area contributed by atoms with Crippen molar-refractivity contribution < 1.29 is 4.74 Å². The molecular formula is C20H29ClOSi. The molecule has 1 unspecified atom stereocenters. The van der Waals surface area contributed by atoms with Gasteiger partial charge < -0.3 is 4.74 Å². The fourth-order valence-electron chi connectivity index (χ4n) is 3.51. The van der Waals surface area contributed by atoms with Gasteiger partial charge >= 0.3 is 0 Å². The first-order valence-corrected chi connectivity index (χ1v) is 11.6. The summed E-state index contributed by atoms with van der Waals surface area (Å²) in [6.07, 6.45) is 6.77. The zero-order chi connectivity index (χ0) is 17.6. The first-order valence-electron chi connectivity index (χ1n) is 8.20. The highest BCUT2D eigenvalue weighted by atomic mass is 35.5. The molecule has 1 aliphatic carbocycles. The van der Waals surface area contributed by atoms with Crippen LogP contribution in [0.5, 0.6) is 5.75 Å². The van der Waals surface area contributed by atoms with Gasteiger partial charge in [0.15, 0.2) is 0 Å². The molecule has 1 aliphatic rings. The summed E-state index contributed by atoms with van der Waals surface area (Å²) >= 11 is 6.51. The van der Waals surface area contributed by atoms with E-state index >= 15 is 0 Å². The molecular weight excluding hydrogens is 320 g/mol. The Hall–Kier alpha value is -0.993. The Morgan fingerprint density at radius 1 is 1.17 bits per heavy atom. The molecule has 0 N–H and O–H groups in total. The Bertz CT molecular complexity index is 680. The maximum atomic E-state index is 6.51. The zero-order valence-electron chi connectivity index (χ0n) is 15.7. The lowest BCUT2D eigenvalue weighted by Crippen LogP contribution is -2.52. The van der Waals surface area contributed by atoms with E-state index in [1.165, 1.54) is 16.3 Å². The molecule has 0 aliphatic heterocycles. The van der Waals surface area contributed by atoms with Crippen LogP contribution in [0.3, 0.4) is 0 Å². The van der Waals surface area contributed by atoms with E-state index in [0.717, 1.165) is 10.8 Å². The van der Waals surface area contributed by atoms with Gasteiger partial charge in [-0.3, -0.25) is 0 Å². The minimum Gasteiger partial charge on any atom is -0.497 e. The van der Waals surface area contributed by atoms with Crippen molar-refractivity contribution in [2.45, 2.75) is 58.2 Å². The SMILES string of the molecule is COc1c(C(C)(C)C)cc(Cl)cc1[Si](C)(C)C1(C)C=CC=C1C. The van der Waals surface area contributed by atoms with Crippen molar-refractivity contribution in [1.29, 1.82) is 0 Å². The number of methoxy groups -OCH3 is 1. The second kappa shape index (κ2) is 5.82. The van der Waals surface area contributed by atoms with Crippen LogP contribution in [0, 0.1) is 0 Å². The predicted molar refractivity (Wildman–Crippen MR) is 105 cm³/mol. The monoisotopic (exact) mass is 348 g/mol. The molecule has 0 fully saturated rings. The average Bonchev–Trinajstić information content (AvgIpc) is 2.78. The van der Waals surface area contributed by atoms with Crippen LogP contribution >= 0.6 is 11.6 Å². The molecule has 2 rings (SSSR count). The molecule has 23 heavy (non-hydrogen) atoms. The minimum absolute atomic E-state index is 0.00717. The molecule has 0 aromatic heterocycles. The number of allylic oxidation sites excluding steroid dienone is 4. The van der Waals surface area contributed by atoms with Crippen LogP contribution in [0.2, 0.25) is 23.2 Å². The lowest BCUT2D eigenvalue weighted by molar-refractivity contribution is 0.400. The molecule has 0 heterocycles. The Kier molecular flexibility index (Phi) is 4.64. The van der Waals surface area contributed by atoms with Gasteiger partial charge in [0.1, 0.15) is 5.75 Å². The smallest absolute Gasteiger partial charge is 0.121 e. The standard InChI is InChI=1S/C20H29ClOSi/c1-14-10-9-11-20(14,5)23(7,8)17-13-15(21)12-16(18(17)22-6)19(2,3)4/h9-13H,1-8H3. The van der Waals surface area contributed by atoms with Crippen LogP contribution in [0.1, 0.15) is 40.2 Å². The maximum Gasteiger partial charge on any atom is 0.121 e. The van der Waals surface area contributed by atoms with Gasteiger partial charge in [-0.25, -0.2) is 0 Å². The molecule has 0 saturated carbocycles. The molecule has 0 radical (unpaired) electrons. The van der Waals surface area contributed by atoms with Gasteiger partial charge in [-0.05, 0) is 29.7 Å². The Morgan fingerprint density at radius 3 is 2.22 bits per heavy atom. The van der Waals surface area contributed by atoms with Gasteiger partial charge in [0, 0.05) is 15.6 Å². The van der Waals surface area contributed by atoms with E-state index in [1.807, 2.05) is 0 Å². The van der Waals surface area contributed by atoms with Gasteiger partial charge in [-0.1, -0.05) is 76.2 Å². The summed E-state index contributed by atoms with van der Waals surface area (Å²) < 4.78 is 5.92. The number of hydrogen-bond donors (Lipinski definition) is 0. The molecule has 1 nitrogen and oxygen atoms in total. The molecule has 0 amide bonds. The predicted octanol–water partition coefficient (Wildman–Crippen LogP) is 5.84. The van der Waals surface area contributed by atoms with Crippen LogP contribution in [-0.2, 0) is 5.41 Å². The van der Waals surface area contributed by atoms with Gasteiger partial charge in [0.05, 0.1) is 15.2 Å². The van der Waals surface area contributed by atoms with Crippen molar-refractivity contribution in [2.24, 2.45) is 0 Å². The first-order chi connectivity index (χ1) is 10.4. The largest absolute Gasteiger partial charge is 0.497 e. The van der Waals surface area contributed by atoms with Crippen LogP contribution in [0.4, 0.5) is 0 Å². The molecule has 1 atom stereocenters. The van der Waals surface area contributed by atoms with E-state index in [4.69, 9.17) is 16.3 Å².